The van der Waals surface area contributed by atoms with Crippen molar-refractivity contribution in [2.24, 2.45) is 0 Å². The predicted octanol–water partition coefficient (Wildman–Crippen LogP) is 4.49. The Kier molecular flexibility index (Phi) is 5.43. The number of hydrogen-bond acceptors (Lipinski definition) is 5. The van der Waals surface area contributed by atoms with Crippen molar-refractivity contribution in [3.8, 4) is 5.75 Å². The van der Waals surface area contributed by atoms with Gasteiger partial charge in [-0.05, 0) is 25.1 Å². The fraction of sp³-hybridized carbons (Fsp3) is 0.150. The van der Waals surface area contributed by atoms with E-state index in [1.54, 1.807) is 19.1 Å². The van der Waals surface area contributed by atoms with Gasteiger partial charge in [-0.1, -0.05) is 47.7 Å². The van der Waals surface area contributed by atoms with Crippen LogP contribution < -0.4 is 10.1 Å². The standard InChI is InChI=1S/C20H18N2O3S/c1-13-18(14(2)23)26-20(21-13)22-19(24)17-11-7-6-8-15(17)12-25-16-9-4-3-5-10-16/h3-11H,12H2,1-2H3,(H,21,22,24). The molecule has 1 N–H and O–H groups in total. The van der Waals surface area contributed by atoms with Crippen LogP contribution in [0, 0.1) is 6.92 Å². The molecule has 6 heteroatoms. The van der Waals surface area contributed by atoms with Gasteiger partial charge in [0, 0.05) is 18.1 Å². The third-order valence-electron chi connectivity index (χ3n) is 3.74. The van der Waals surface area contributed by atoms with E-state index >= 15 is 0 Å². The molecule has 0 aliphatic heterocycles. The fourth-order valence-electron chi connectivity index (χ4n) is 2.49. The van der Waals surface area contributed by atoms with Crippen LogP contribution >= 0.6 is 11.3 Å². The van der Waals surface area contributed by atoms with Gasteiger partial charge in [-0.25, -0.2) is 4.98 Å². The number of rotatable bonds is 6. The van der Waals surface area contributed by atoms with E-state index in [-0.39, 0.29) is 18.3 Å². The second-order valence-electron chi connectivity index (χ2n) is 5.70. The third-order valence-corrected chi connectivity index (χ3v) is 4.91. The summed E-state index contributed by atoms with van der Waals surface area (Å²) in [7, 11) is 0. The number of para-hydroxylation sites is 1. The molecule has 3 rings (SSSR count). The van der Waals surface area contributed by atoms with Crippen LogP contribution in [0.1, 0.15) is 38.2 Å². The first-order valence-electron chi connectivity index (χ1n) is 8.10. The van der Waals surface area contributed by atoms with Gasteiger partial charge in [-0.15, -0.1) is 0 Å². The molecule has 0 spiro atoms. The molecule has 0 unspecified atom stereocenters. The summed E-state index contributed by atoms with van der Waals surface area (Å²) in [5.41, 5.74) is 1.91. The largest absolute Gasteiger partial charge is 0.489 e. The van der Waals surface area contributed by atoms with Gasteiger partial charge in [0.25, 0.3) is 5.91 Å². The molecule has 1 aromatic heterocycles. The number of ketones is 1. The maximum absolute atomic E-state index is 12.7. The molecule has 132 valence electrons. The monoisotopic (exact) mass is 366 g/mol. The van der Waals surface area contributed by atoms with Crippen LogP contribution in [0.5, 0.6) is 5.75 Å². The number of nitrogens with zero attached hydrogens (tertiary/aromatic N) is 1. The lowest BCUT2D eigenvalue weighted by atomic mass is 10.1. The summed E-state index contributed by atoms with van der Waals surface area (Å²) in [6, 6.07) is 16.7. The predicted molar refractivity (Wildman–Crippen MR) is 102 cm³/mol. The summed E-state index contributed by atoms with van der Waals surface area (Å²) in [5.74, 6) is 0.405. The Balaban J connectivity index is 1.75. The second-order valence-corrected chi connectivity index (χ2v) is 6.70. The minimum absolute atomic E-state index is 0.0582. The minimum atomic E-state index is -0.277. The van der Waals surface area contributed by atoms with E-state index < -0.39 is 0 Å². The number of aromatic nitrogens is 1. The molecule has 3 aromatic rings. The van der Waals surface area contributed by atoms with E-state index in [2.05, 4.69) is 10.3 Å². The number of hydrogen-bond donors (Lipinski definition) is 1. The first-order chi connectivity index (χ1) is 12.5. The normalized spacial score (nSPS) is 10.4. The SMILES string of the molecule is CC(=O)c1sc(NC(=O)c2ccccc2COc2ccccc2)nc1C. The Hall–Kier alpha value is -2.99. The number of carbonyl (C=O) groups is 2. The van der Waals surface area contributed by atoms with E-state index in [9.17, 15) is 9.59 Å². The van der Waals surface area contributed by atoms with E-state index in [4.69, 9.17) is 4.74 Å². The molecule has 0 bridgehead atoms. The van der Waals surface area contributed by atoms with Gasteiger partial charge in [0.05, 0.1) is 10.6 Å². The topological polar surface area (TPSA) is 68.3 Å². The molecule has 5 nitrogen and oxygen atoms in total. The first kappa shape index (κ1) is 17.8. The van der Waals surface area contributed by atoms with Crippen LogP contribution in [0.3, 0.4) is 0 Å². The molecule has 0 aliphatic carbocycles. The van der Waals surface area contributed by atoms with E-state index in [1.807, 2.05) is 42.5 Å². The Labute approximate surface area is 155 Å². The van der Waals surface area contributed by atoms with Crippen LogP contribution in [0.2, 0.25) is 0 Å². The van der Waals surface area contributed by atoms with Crippen LogP contribution in [0.4, 0.5) is 5.13 Å². The summed E-state index contributed by atoms with van der Waals surface area (Å²) < 4.78 is 5.75. The average Bonchev–Trinajstić information content (AvgIpc) is 3.01. The van der Waals surface area contributed by atoms with Gasteiger partial charge in [-0.3, -0.25) is 14.9 Å². The molecule has 0 fully saturated rings. The molecular formula is C20H18N2O3S. The van der Waals surface area contributed by atoms with E-state index in [0.717, 1.165) is 11.3 Å². The van der Waals surface area contributed by atoms with Crippen LogP contribution in [0.25, 0.3) is 0 Å². The van der Waals surface area contributed by atoms with Crippen LogP contribution in [-0.2, 0) is 6.61 Å². The number of nitrogens with one attached hydrogen (secondary N) is 1. The highest BCUT2D eigenvalue weighted by Crippen LogP contribution is 2.24. The van der Waals surface area contributed by atoms with Crippen molar-refractivity contribution in [2.75, 3.05) is 5.32 Å². The Morgan fingerprint density at radius 2 is 1.77 bits per heavy atom. The number of benzene rings is 2. The molecule has 0 aliphatic rings. The van der Waals surface area contributed by atoms with Crippen molar-refractivity contribution in [3.05, 3.63) is 76.3 Å². The number of anilines is 1. The van der Waals surface area contributed by atoms with Crippen molar-refractivity contribution in [1.29, 1.82) is 0 Å². The number of aryl methyl sites for hydroxylation is 1. The zero-order chi connectivity index (χ0) is 18.5. The highest BCUT2D eigenvalue weighted by atomic mass is 32.1. The zero-order valence-electron chi connectivity index (χ0n) is 14.5. The molecule has 1 amide bonds. The van der Waals surface area contributed by atoms with Gasteiger partial charge in [0.1, 0.15) is 12.4 Å². The molecule has 0 radical (unpaired) electrons. The molecule has 0 saturated heterocycles. The molecule has 1 heterocycles. The summed E-state index contributed by atoms with van der Waals surface area (Å²) in [5, 5.41) is 3.19. The lowest BCUT2D eigenvalue weighted by Gasteiger charge is -2.10. The maximum atomic E-state index is 12.7. The molecule has 0 saturated carbocycles. The van der Waals surface area contributed by atoms with Gasteiger partial charge < -0.3 is 4.74 Å². The van der Waals surface area contributed by atoms with Crippen molar-refractivity contribution in [3.63, 3.8) is 0 Å². The average molecular weight is 366 g/mol. The fourth-order valence-corrected chi connectivity index (χ4v) is 3.34. The van der Waals surface area contributed by atoms with Gasteiger partial charge in [0.15, 0.2) is 10.9 Å². The van der Waals surface area contributed by atoms with Gasteiger partial charge in [-0.2, -0.15) is 0 Å². The highest BCUT2D eigenvalue weighted by molar-refractivity contribution is 7.17. The number of Topliss-reactive ketones (excluding diaryl/α,β-unsaturated/α-hetero) is 1. The Bertz CT molecular complexity index is 935. The third kappa shape index (κ3) is 4.15. The smallest absolute Gasteiger partial charge is 0.257 e. The second kappa shape index (κ2) is 7.93. The summed E-state index contributed by atoms with van der Waals surface area (Å²) in [4.78, 5) is 29.0. The van der Waals surface area contributed by atoms with Crippen molar-refractivity contribution < 1.29 is 14.3 Å². The minimum Gasteiger partial charge on any atom is -0.489 e. The number of amides is 1. The number of thiazole rings is 1. The zero-order valence-corrected chi connectivity index (χ0v) is 15.3. The summed E-state index contributed by atoms with van der Waals surface area (Å²) in [6.45, 7) is 3.52. The van der Waals surface area contributed by atoms with Crippen LogP contribution in [0.15, 0.2) is 54.6 Å². The number of carbonyl (C=O) groups excluding carboxylic acids is 2. The Morgan fingerprint density at radius 1 is 1.08 bits per heavy atom. The molecule has 0 atom stereocenters. The van der Waals surface area contributed by atoms with Gasteiger partial charge >= 0.3 is 0 Å². The highest BCUT2D eigenvalue weighted by Gasteiger charge is 2.16. The Morgan fingerprint density at radius 3 is 2.46 bits per heavy atom. The maximum Gasteiger partial charge on any atom is 0.257 e. The molecule has 26 heavy (non-hydrogen) atoms. The summed E-state index contributed by atoms with van der Waals surface area (Å²) >= 11 is 1.18. The molecule has 2 aromatic carbocycles. The van der Waals surface area contributed by atoms with E-state index in [0.29, 0.717) is 21.3 Å². The quantitative estimate of drug-likeness (QED) is 0.653. The molecular weight excluding hydrogens is 348 g/mol. The lowest BCUT2D eigenvalue weighted by Crippen LogP contribution is -2.15. The number of ether oxygens (including phenoxy) is 1. The van der Waals surface area contributed by atoms with E-state index in [1.165, 1.54) is 18.3 Å². The van der Waals surface area contributed by atoms with Crippen molar-refractivity contribution >= 4 is 28.2 Å². The van der Waals surface area contributed by atoms with Crippen molar-refractivity contribution in [2.45, 2.75) is 20.5 Å². The lowest BCUT2D eigenvalue weighted by molar-refractivity contribution is 0.101. The van der Waals surface area contributed by atoms with Crippen LogP contribution in [-0.4, -0.2) is 16.7 Å². The van der Waals surface area contributed by atoms with Gasteiger partial charge in [0.2, 0.25) is 0 Å². The first-order valence-corrected chi connectivity index (χ1v) is 8.91. The van der Waals surface area contributed by atoms with Crippen molar-refractivity contribution in [1.82, 2.24) is 4.98 Å². The summed E-state index contributed by atoms with van der Waals surface area (Å²) in [6.07, 6.45) is 0.